The second-order valence-corrected chi connectivity index (χ2v) is 6.16. The quantitative estimate of drug-likeness (QED) is 0.737. The largest absolute Gasteiger partial charge is 0.490 e. The minimum Gasteiger partial charge on any atom is -0.490 e. The smallest absolute Gasteiger partial charge is 0.234 e. The van der Waals surface area contributed by atoms with Gasteiger partial charge in [0.05, 0.1) is 6.07 Å². The summed E-state index contributed by atoms with van der Waals surface area (Å²) in [7, 11) is 0. The molecule has 0 fully saturated rings. The van der Waals surface area contributed by atoms with Gasteiger partial charge in [0.2, 0.25) is 5.91 Å². The number of carbonyl (C=O) groups excluding carboxylic acids is 1. The number of amides is 1. The lowest BCUT2D eigenvalue weighted by atomic mass is 10.1. The lowest BCUT2D eigenvalue weighted by Gasteiger charge is -2.13. The Kier molecular flexibility index (Phi) is 7.04. The van der Waals surface area contributed by atoms with E-state index in [1.165, 1.54) is 11.1 Å². The molecule has 26 heavy (non-hydrogen) atoms. The van der Waals surface area contributed by atoms with Crippen LogP contribution in [0.2, 0.25) is 0 Å². The van der Waals surface area contributed by atoms with Crippen LogP contribution >= 0.6 is 0 Å². The number of benzene rings is 2. The monoisotopic (exact) mass is 352 g/mol. The van der Waals surface area contributed by atoms with Gasteiger partial charge in [-0.15, -0.1) is 0 Å². The van der Waals surface area contributed by atoms with Gasteiger partial charge in [-0.2, -0.15) is 5.26 Å². The molecule has 5 heteroatoms. The van der Waals surface area contributed by atoms with Crippen LogP contribution in [0.4, 0.5) is 0 Å². The van der Waals surface area contributed by atoms with Gasteiger partial charge in [-0.3, -0.25) is 4.79 Å². The Hall–Kier alpha value is -3.00. The van der Waals surface area contributed by atoms with Crippen molar-refractivity contribution in [1.29, 1.82) is 5.26 Å². The molecule has 0 aliphatic rings. The Morgan fingerprint density at radius 2 is 1.88 bits per heavy atom. The van der Waals surface area contributed by atoms with Gasteiger partial charge in [0.1, 0.15) is 31.1 Å². The van der Waals surface area contributed by atoms with E-state index >= 15 is 0 Å². The molecule has 0 atom stereocenters. The Labute approximate surface area is 154 Å². The van der Waals surface area contributed by atoms with Gasteiger partial charge in [0, 0.05) is 6.54 Å². The minimum absolute atomic E-state index is 0.134. The van der Waals surface area contributed by atoms with Crippen molar-refractivity contribution >= 4 is 5.91 Å². The second-order valence-electron chi connectivity index (χ2n) is 6.16. The van der Waals surface area contributed by atoms with Crippen molar-refractivity contribution in [2.75, 3.05) is 13.2 Å². The summed E-state index contributed by atoms with van der Waals surface area (Å²) in [6.07, 6.45) is -0.134. The van der Waals surface area contributed by atoms with Gasteiger partial charge in [-0.1, -0.05) is 18.2 Å². The Morgan fingerprint density at radius 1 is 1.12 bits per heavy atom. The van der Waals surface area contributed by atoms with Gasteiger partial charge in [0.15, 0.2) is 0 Å². The fourth-order valence-electron chi connectivity index (χ4n) is 2.54. The van der Waals surface area contributed by atoms with Crippen LogP contribution in [0.1, 0.15) is 28.7 Å². The molecule has 1 N–H and O–H groups in total. The summed E-state index contributed by atoms with van der Waals surface area (Å²) >= 11 is 0. The highest BCUT2D eigenvalue weighted by atomic mass is 16.5. The first-order valence-electron chi connectivity index (χ1n) is 8.55. The summed E-state index contributed by atoms with van der Waals surface area (Å²) in [6, 6.07) is 13.5. The predicted octanol–water partition coefficient (Wildman–Crippen LogP) is 3.60. The Balaban J connectivity index is 1.82. The topological polar surface area (TPSA) is 71.3 Å². The van der Waals surface area contributed by atoms with Gasteiger partial charge < -0.3 is 14.8 Å². The number of nitriles is 1. The molecule has 2 aromatic rings. The molecular formula is C21H24N2O3. The lowest BCUT2D eigenvalue weighted by molar-refractivity contribution is -0.120. The second kappa shape index (κ2) is 9.47. The van der Waals surface area contributed by atoms with Gasteiger partial charge in [-0.05, 0) is 61.2 Å². The lowest BCUT2D eigenvalue weighted by Crippen LogP contribution is -2.21. The molecule has 0 bridgehead atoms. The number of nitrogens with one attached hydrogen (secondary N) is 1. The van der Waals surface area contributed by atoms with E-state index in [1.54, 1.807) is 0 Å². The van der Waals surface area contributed by atoms with E-state index in [9.17, 15) is 4.79 Å². The summed E-state index contributed by atoms with van der Waals surface area (Å²) in [6.45, 7) is 7.43. The van der Waals surface area contributed by atoms with E-state index in [1.807, 2.05) is 36.4 Å². The Morgan fingerprint density at radius 3 is 2.65 bits per heavy atom. The van der Waals surface area contributed by atoms with Gasteiger partial charge >= 0.3 is 0 Å². The number of aryl methyl sites for hydroxylation is 2. The highest BCUT2D eigenvalue weighted by Gasteiger charge is 2.05. The van der Waals surface area contributed by atoms with E-state index in [-0.39, 0.29) is 12.3 Å². The third kappa shape index (κ3) is 5.82. The third-order valence-electron chi connectivity index (χ3n) is 4.00. The van der Waals surface area contributed by atoms with E-state index in [2.05, 4.69) is 32.2 Å². The van der Waals surface area contributed by atoms with Crippen molar-refractivity contribution in [3.8, 4) is 17.6 Å². The first-order valence-corrected chi connectivity index (χ1v) is 8.55. The number of ether oxygens (including phenoxy) is 2. The molecule has 0 aliphatic carbocycles. The normalized spacial score (nSPS) is 10.1. The zero-order chi connectivity index (χ0) is 18.9. The molecule has 0 heterocycles. The molecule has 5 nitrogen and oxygen atoms in total. The standard InChI is InChI=1S/C21H24N2O3/c1-15-11-16(2)17(3)20(12-15)26-10-9-25-19-6-4-5-18(13-19)14-23-21(24)7-8-22/h4-6,11-13H,7,9-10,14H2,1-3H3,(H,23,24). The van der Waals surface area contributed by atoms with Crippen LogP contribution in [0.3, 0.4) is 0 Å². The number of nitrogens with zero attached hydrogens (tertiary/aromatic N) is 1. The molecule has 0 aliphatic heterocycles. The SMILES string of the molecule is Cc1cc(C)c(C)c(OCCOc2cccc(CNC(=O)CC#N)c2)c1. The number of hydrogen-bond acceptors (Lipinski definition) is 4. The zero-order valence-corrected chi connectivity index (χ0v) is 15.5. The molecule has 0 saturated carbocycles. The maximum atomic E-state index is 11.3. The summed E-state index contributed by atoms with van der Waals surface area (Å²) in [5.41, 5.74) is 4.45. The van der Waals surface area contributed by atoms with Gasteiger partial charge in [0.25, 0.3) is 0 Å². The molecule has 136 valence electrons. The summed E-state index contributed by atoms with van der Waals surface area (Å²) < 4.78 is 11.6. The van der Waals surface area contributed by atoms with Crippen LogP contribution in [0, 0.1) is 32.1 Å². The summed E-state index contributed by atoms with van der Waals surface area (Å²) in [4.78, 5) is 11.3. The van der Waals surface area contributed by atoms with Crippen molar-refractivity contribution in [2.45, 2.75) is 33.7 Å². The maximum absolute atomic E-state index is 11.3. The van der Waals surface area contributed by atoms with E-state index in [0.29, 0.717) is 19.8 Å². The van der Waals surface area contributed by atoms with Crippen LogP contribution in [-0.4, -0.2) is 19.1 Å². The van der Waals surface area contributed by atoms with E-state index in [4.69, 9.17) is 14.7 Å². The van der Waals surface area contributed by atoms with Crippen LogP contribution in [-0.2, 0) is 11.3 Å². The fourth-order valence-corrected chi connectivity index (χ4v) is 2.54. The van der Waals surface area contributed by atoms with Crippen molar-refractivity contribution in [2.24, 2.45) is 0 Å². The number of carbonyl (C=O) groups is 1. The van der Waals surface area contributed by atoms with Crippen LogP contribution < -0.4 is 14.8 Å². The number of rotatable bonds is 8. The number of hydrogen-bond donors (Lipinski definition) is 1. The molecule has 2 rings (SSSR count). The third-order valence-corrected chi connectivity index (χ3v) is 4.00. The van der Waals surface area contributed by atoms with Crippen molar-refractivity contribution in [3.05, 3.63) is 58.7 Å². The predicted molar refractivity (Wildman–Crippen MR) is 100 cm³/mol. The van der Waals surface area contributed by atoms with Crippen molar-refractivity contribution in [3.63, 3.8) is 0 Å². The fraction of sp³-hybridized carbons (Fsp3) is 0.333. The average Bonchev–Trinajstić information content (AvgIpc) is 2.61. The maximum Gasteiger partial charge on any atom is 0.234 e. The van der Waals surface area contributed by atoms with Crippen LogP contribution in [0.15, 0.2) is 36.4 Å². The van der Waals surface area contributed by atoms with Crippen molar-refractivity contribution < 1.29 is 14.3 Å². The Bertz CT molecular complexity index is 809. The molecule has 0 aromatic heterocycles. The molecule has 0 unspecified atom stereocenters. The molecule has 0 spiro atoms. The molecule has 0 radical (unpaired) electrons. The summed E-state index contributed by atoms with van der Waals surface area (Å²) in [5.74, 6) is 1.33. The highest BCUT2D eigenvalue weighted by molar-refractivity contribution is 5.77. The van der Waals surface area contributed by atoms with Gasteiger partial charge in [-0.25, -0.2) is 0 Å². The first-order chi connectivity index (χ1) is 12.5. The molecule has 1 amide bonds. The summed E-state index contributed by atoms with van der Waals surface area (Å²) in [5, 5.41) is 11.2. The van der Waals surface area contributed by atoms with E-state index < -0.39 is 0 Å². The highest BCUT2D eigenvalue weighted by Crippen LogP contribution is 2.23. The van der Waals surface area contributed by atoms with Crippen molar-refractivity contribution in [1.82, 2.24) is 5.32 Å². The van der Waals surface area contributed by atoms with Crippen LogP contribution in [0.5, 0.6) is 11.5 Å². The molecule has 0 saturated heterocycles. The average molecular weight is 352 g/mol. The zero-order valence-electron chi connectivity index (χ0n) is 15.5. The molecular weight excluding hydrogens is 328 g/mol. The van der Waals surface area contributed by atoms with Crippen LogP contribution in [0.25, 0.3) is 0 Å². The first kappa shape index (κ1) is 19.3. The van der Waals surface area contributed by atoms with E-state index in [0.717, 1.165) is 22.6 Å². The minimum atomic E-state index is -0.281. The molecule has 2 aromatic carbocycles.